The minimum atomic E-state index is -0.00238. The van der Waals surface area contributed by atoms with E-state index in [1.165, 1.54) is 12.8 Å². The summed E-state index contributed by atoms with van der Waals surface area (Å²) in [4.78, 5) is 22.2. The standard InChI is InChI=1S/C14H23N5O/c1-3-15-13(20)10-19(4-2)14-17-8-11(9-18-14)7-16-12-5-6-12/h8-9,12,16H,3-7,10H2,1-2H3,(H,15,20). The quantitative estimate of drug-likeness (QED) is 0.731. The van der Waals surface area contributed by atoms with E-state index >= 15 is 0 Å². The molecule has 0 spiro atoms. The van der Waals surface area contributed by atoms with Crippen LogP contribution in [0.25, 0.3) is 0 Å². The third kappa shape index (κ3) is 4.45. The normalized spacial score (nSPS) is 14.1. The van der Waals surface area contributed by atoms with Crippen LogP contribution in [0.4, 0.5) is 5.95 Å². The molecule has 6 nitrogen and oxygen atoms in total. The summed E-state index contributed by atoms with van der Waals surface area (Å²) in [6, 6.07) is 0.680. The van der Waals surface area contributed by atoms with Crippen molar-refractivity contribution >= 4 is 11.9 Å². The fraction of sp³-hybridized carbons (Fsp3) is 0.643. The first-order valence-electron chi connectivity index (χ1n) is 7.28. The van der Waals surface area contributed by atoms with Crippen LogP contribution in [0.15, 0.2) is 12.4 Å². The molecule has 1 aromatic heterocycles. The highest BCUT2D eigenvalue weighted by Crippen LogP contribution is 2.19. The molecule has 1 aliphatic carbocycles. The first kappa shape index (κ1) is 14.7. The largest absolute Gasteiger partial charge is 0.355 e. The van der Waals surface area contributed by atoms with Gasteiger partial charge < -0.3 is 15.5 Å². The van der Waals surface area contributed by atoms with Crippen LogP contribution >= 0.6 is 0 Å². The van der Waals surface area contributed by atoms with Gasteiger partial charge in [0, 0.05) is 43.6 Å². The van der Waals surface area contributed by atoms with Crippen molar-refractivity contribution in [3.8, 4) is 0 Å². The number of nitrogens with one attached hydrogen (secondary N) is 2. The molecule has 0 bridgehead atoms. The van der Waals surface area contributed by atoms with Gasteiger partial charge in [-0.05, 0) is 26.7 Å². The van der Waals surface area contributed by atoms with Gasteiger partial charge in [0.25, 0.3) is 0 Å². The second-order valence-electron chi connectivity index (χ2n) is 5.01. The van der Waals surface area contributed by atoms with Crippen LogP contribution in [-0.2, 0) is 11.3 Å². The van der Waals surface area contributed by atoms with E-state index in [2.05, 4.69) is 20.6 Å². The molecule has 110 valence electrons. The van der Waals surface area contributed by atoms with Gasteiger partial charge in [-0.2, -0.15) is 0 Å². The summed E-state index contributed by atoms with van der Waals surface area (Å²) in [7, 11) is 0. The van der Waals surface area contributed by atoms with Crippen molar-refractivity contribution in [2.75, 3.05) is 24.5 Å². The highest BCUT2D eigenvalue weighted by molar-refractivity contribution is 5.80. The maximum atomic E-state index is 11.6. The summed E-state index contributed by atoms with van der Waals surface area (Å²) < 4.78 is 0. The molecular weight excluding hydrogens is 254 g/mol. The van der Waals surface area contributed by atoms with Crippen molar-refractivity contribution in [3.63, 3.8) is 0 Å². The van der Waals surface area contributed by atoms with E-state index in [9.17, 15) is 4.79 Å². The Kier molecular flexibility index (Phi) is 5.29. The van der Waals surface area contributed by atoms with Gasteiger partial charge in [0.2, 0.25) is 11.9 Å². The first-order chi connectivity index (χ1) is 9.72. The van der Waals surface area contributed by atoms with E-state index in [1.807, 2.05) is 31.1 Å². The van der Waals surface area contributed by atoms with Gasteiger partial charge in [-0.15, -0.1) is 0 Å². The van der Waals surface area contributed by atoms with Gasteiger partial charge in [-0.3, -0.25) is 4.79 Å². The van der Waals surface area contributed by atoms with Crippen molar-refractivity contribution in [2.45, 2.75) is 39.3 Å². The molecule has 1 heterocycles. The lowest BCUT2D eigenvalue weighted by Gasteiger charge is -2.20. The Hall–Kier alpha value is -1.69. The maximum absolute atomic E-state index is 11.6. The summed E-state index contributed by atoms with van der Waals surface area (Å²) in [5.41, 5.74) is 1.08. The van der Waals surface area contributed by atoms with Crippen molar-refractivity contribution in [1.29, 1.82) is 0 Å². The van der Waals surface area contributed by atoms with Gasteiger partial charge in [0.05, 0.1) is 6.54 Å². The van der Waals surface area contributed by atoms with Crippen LogP contribution in [0.1, 0.15) is 32.3 Å². The summed E-state index contributed by atoms with van der Waals surface area (Å²) in [5.74, 6) is 0.603. The monoisotopic (exact) mass is 277 g/mol. The Bertz CT molecular complexity index is 430. The Morgan fingerprint density at radius 3 is 2.60 bits per heavy atom. The second kappa shape index (κ2) is 7.19. The van der Waals surface area contributed by atoms with Crippen LogP contribution < -0.4 is 15.5 Å². The van der Waals surface area contributed by atoms with Gasteiger partial charge >= 0.3 is 0 Å². The minimum absolute atomic E-state index is 0.00238. The first-order valence-corrected chi connectivity index (χ1v) is 7.28. The van der Waals surface area contributed by atoms with E-state index in [1.54, 1.807) is 0 Å². The molecule has 0 aliphatic heterocycles. The molecule has 0 unspecified atom stereocenters. The SMILES string of the molecule is CCNC(=O)CN(CC)c1ncc(CNC2CC2)cn1. The predicted molar refractivity (Wildman–Crippen MR) is 78.5 cm³/mol. The molecule has 0 saturated heterocycles. The number of likely N-dealkylation sites (N-methyl/N-ethyl adjacent to an activating group) is 2. The van der Waals surface area contributed by atoms with E-state index < -0.39 is 0 Å². The van der Waals surface area contributed by atoms with Crippen molar-refractivity contribution < 1.29 is 4.79 Å². The average molecular weight is 277 g/mol. The molecule has 0 radical (unpaired) electrons. The molecule has 1 fully saturated rings. The van der Waals surface area contributed by atoms with E-state index in [0.717, 1.165) is 12.1 Å². The van der Waals surface area contributed by atoms with Crippen LogP contribution in [0.2, 0.25) is 0 Å². The van der Waals surface area contributed by atoms with Crippen molar-refractivity contribution in [2.24, 2.45) is 0 Å². The molecular formula is C14H23N5O. The number of carbonyl (C=O) groups excluding carboxylic acids is 1. The van der Waals surface area contributed by atoms with Crippen molar-refractivity contribution in [3.05, 3.63) is 18.0 Å². The van der Waals surface area contributed by atoms with Gasteiger partial charge in [0.15, 0.2) is 0 Å². The molecule has 6 heteroatoms. The maximum Gasteiger partial charge on any atom is 0.239 e. The Morgan fingerprint density at radius 2 is 2.05 bits per heavy atom. The number of hydrogen-bond acceptors (Lipinski definition) is 5. The minimum Gasteiger partial charge on any atom is -0.355 e. The van der Waals surface area contributed by atoms with Gasteiger partial charge in [-0.25, -0.2) is 9.97 Å². The predicted octanol–water partition coefficient (Wildman–Crippen LogP) is 0.691. The number of anilines is 1. The summed E-state index contributed by atoms with van der Waals surface area (Å²) in [6.45, 7) is 6.36. The zero-order chi connectivity index (χ0) is 14.4. The van der Waals surface area contributed by atoms with Gasteiger partial charge in [-0.1, -0.05) is 0 Å². The van der Waals surface area contributed by atoms with Crippen molar-refractivity contribution in [1.82, 2.24) is 20.6 Å². The Morgan fingerprint density at radius 1 is 1.35 bits per heavy atom. The van der Waals surface area contributed by atoms with Crippen LogP contribution in [0.5, 0.6) is 0 Å². The zero-order valence-corrected chi connectivity index (χ0v) is 12.2. The zero-order valence-electron chi connectivity index (χ0n) is 12.2. The highest BCUT2D eigenvalue weighted by atomic mass is 16.2. The second-order valence-corrected chi connectivity index (χ2v) is 5.01. The summed E-state index contributed by atoms with van der Waals surface area (Å²) in [6.07, 6.45) is 6.21. The van der Waals surface area contributed by atoms with Crippen LogP contribution in [0.3, 0.4) is 0 Å². The lowest BCUT2D eigenvalue weighted by Crippen LogP contribution is -2.38. The number of aromatic nitrogens is 2. The van der Waals surface area contributed by atoms with E-state index in [-0.39, 0.29) is 5.91 Å². The fourth-order valence-electron chi connectivity index (χ4n) is 1.90. The summed E-state index contributed by atoms with van der Waals surface area (Å²) in [5, 5.41) is 6.21. The van der Waals surface area contributed by atoms with Gasteiger partial charge in [0.1, 0.15) is 0 Å². The lowest BCUT2D eigenvalue weighted by molar-refractivity contribution is -0.119. The number of rotatable bonds is 8. The fourth-order valence-corrected chi connectivity index (χ4v) is 1.90. The Labute approximate surface area is 120 Å². The average Bonchev–Trinajstić information content (AvgIpc) is 3.28. The Balaban J connectivity index is 1.89. The molecule has 0 atom stereocenters. The molecule has 1 amide bonds. The lowest BCUT2D eigenvalue weighted by atomic mass is 10.3. The molecule has 2 N–H and O–H groups in total. The third-order valence-corrected chi connectivity index (χ3v) is 3.24. The molecule has 1 saturated carbocycles. The smallest absolute Gasteiger partial charge is 0.239 e. The van der Waals surface area contributed by atoms with E-state index in [4.69, 9.17) is 0 Å². The number of amides is 1. The number of nitrogens with zero attached hydrogens (tertiary/aromatic N) is 3. The topological polar surface area (TPSA) is 70.2 Å². The van der Waals surface area contributed by atoms with E-state index in [0.29, 0.717) is 31.6 Å². The number of hydrogen-bond donors (Lipinski definition) is 2. The van der Waals surface area contributed by atoms with Crippen LogP contribution in [-0.4, -0.2) is 41.6 Å². The highest BCUT2D eigenvalue weighted by Gasteiger charge is 2.20. The molecule has 1 aromatic rings. The molecule has 1 aliphatic rings. The van der Waals surface area contributed by atoms with Crippen LogP contribution in [0, 0.1) is 0 Å². The third-order valence-electron chi connectivity index (χ3n) is 3.24. The molecule has 2 rings (SSSR count). The molecule has 20 heavy (non-hydrogen) atoms. The number of carbonyl (C=O) groups is 1. The summed E-state index contributed by atoms with van der Waals surface area (Å²) >= 11 is 0. The molecule has 0 aromatic carbocycles.